The fourth-order valence-corrected chi connectivity index (χ4v) is 4.10. The van der Waals surface area contributed by atoms with Crippen molar-refractivity contribution < 1.29 is 9.59 Å². The molecule has 0 unspecified atom stereocenters. The van der Waals surface area contributed by atoms with Gasteiger partial charge in [0, 0.05) is 38.6 Å². The van der Waals surface area contributed by atoms with Gasteiger partial charge in [-0.25, -0.2) is 0 Å². The molecule has 3 fully saturated rings. The van der Waals surface area contributed by atoms with Gasteiger partial charge in [0.05, 0.1) is 6.54 Å². The summed E-state index contributed by atoms with van der Waals surface area (Å²) in [6, 6.07) is 0.245. The van der Waals surface area contributed by atoms with Crippen LogP contribution >= 0.6 is 0 Å². The Bertz CT molecular complexity index is 513. The van der Waals surface area contributed by atoms with E-state index in [-0.39, 0.29) is 24.4 Å². The number of nitrogens with one attached hydrogen (secondary N) is 1. The summed E-state index contributed by atoms with van der Waals surface area (Å²) in [4.78, 5) is 28.5. The molecule has 3 aliphatic rings. The molecule has 2 atom stereocenters. The third kappa shape index (κ3) is 4.38. The van der Waals surface area contributed by atoms with Crippen LogP contribution in [0.4, 0.5) is 0 Å². The number of likely N-dealkylation sites (tertiary alicyclic amines) is 2. The van der Waals surface area contributed by atoms with E-state index in [1.807, 2.05) is 0 Å². The molecule has 3 rings (SSSR count). The van der Waals surface area contributed by atoms with Crippen molar-refractivity contribution in [2.75, 3.05) is 32.7 Å². The summed E-state index contributed by atoms with van der Waals surface area (Å²) in [6.45, 7) is 8.24. The van der Waals surface area contributed by atoms with Gasteiger partial charge in [-0.3, -0.25) is 14.5 Å². The molecule has 134 valence electrons. The summed E-state index contributed by atoms with van der Waals surface area (Å²) in [7, 11) is 0. The maximum absolute atomic E-state index is 12.5. The van der Waals surface area contributed by atoms with Crippen molar-refractivity contribution in [1.82, 2.24) is 15.1 Å². The minimum atomic E-state index is 0.0190. The van der Waals surface area contributed by atoms with Gasteiger partial charge in [0.2, 0.25) is 11.8 Å². The summed E-state index contributed by atoms with van der Waals surface area (Å²) < 4.78 is 0. The molecule has 5 heteroatoms. The van der Waals surface area contributed by atoms with Gasteiger partial charge in [-0.15, -0.1) is 0 Å². The van der Waals surface area contributed by atoms with Crippen LogP contribution in [0.5, 0.6) is 0 Å². The van der Waals surface area contributed by atoms with Crippen LogP contribution in [0.1, 0.15) is 46.0 Å². The fourth-order valence-electron chi connectivity index (χ4n) is 4.10. The molecular formula is C19H31N3O2. The number of hydrogen-bond donors (Lipinski definition) is 1. The van der Waals surface area contributed by atoms with Crippen molar-refractivity contribution in [3.8, 4) is 0 Å². The molecule has 0 aromatic heterocycles. The zero-order valence-corrected chi connectivity index (χ0v) is 15.1. The summed E-state index contributed by atoms with van der Waals surface area (Å²) in [5.74, 6) is 1.51. The van der Waals surface area contributed by atoms with Crippen LogP contribution in [0.2, 0.25) is 0 Å². The van der Waals surface area contributed by atoms with Crippen LogP contribution < -0.4 is 5.32 Å². The SMILES string of the molecule is C/C=C(\C)CN1C[C@H](NC(=O)CN2CCCCC2=O)[C@@H](C2CC2)C1. The molecule has 0 bridgehead atoms. The Morgan fingerprint density at radius 3 is 2.71 bits per heavy atom. The van der Waals surface area contributed by atoms with Gasteiger partial charge >= 0.3 is 0 Å². The van der Waals surface area contributed by atoms with Crippen LogP contribution in [0.15, 0.2) is 11.6 Å². The van der Waals surface area contributed by atoms with Crippen LogP contribution in [-0.2, 0) is 9.59 Å². The van der Waals surface area contributed by atoms with Gasteiger partial charge in [-0.1, -0.05) is 11.6 Å². The first-order valence-corrected chi connectivity index (χ1v) is 9.48. The van der Waals surface area contributed by atoms with Gasteiger partial charge in [0.25, 0.3) is 0 Å². The zero-order chi connectivity index (χ0) is 17.1. The Morgan fingerprint density at radius 1 is 1.25 bits per heavy atom. The highest BCUT2D eigenvalue weighted by molar-refractivity contribution is 5.85. The number of piperidine rings is 1. The highest BCUT2D eigenvalue weighted by atomic mass is 16.2. The standard InChI is InChI=1S/C19H31N3O2/c1-3-14(2)10-21-11-16(15-7-8-15)17(12-21)20-18(23)13-22-9-5-4-6-19(22)24/h3,15-17H,4-13H2,1-2H3,(H,20,23)/b14-3+/t16-,17+/m1/s1. The van der Waals surface area contributed by atoms with E-state index in [2.05, 4.69) is 30.1 Å². The maximum Gasteiger partial charge on any atom is 0.239 e. The molecule has 1 saturated carbocycles. The van der Waals surface area contributed by atoms with Gasteiger partial charge in [-0.05, 0) is 51.4 Å². The second-order valence-corrected chi connectivity index (χ2v) is 7.78. The minimum Gasteiger partial charge on any atom is -0.350 e. The highest BCUT2D eigenvalue weighted by Gasteiger charge is 2.43. The van der Waals surface area contributed by atoms with Crippen molar-refractivity contribution >= 4 is 11.8 Å². The van der Waals surface area contributed by atoms with E-state index in [0.717, 1.165) is 44.9 Å². The van der Waals surface area contributed by atoms with Crippen LogP contribution in [0.25, 0.3) is 0 Å². The quantitative estimate of drug-likeness (QED) is 0.754. The Hall–Kier alpha value is -1.36. The Morgan fingerprint density at radius 2 is 2.04 bits per heavy atom. The van der Waals surface area contributed by atoms with E-state index < -0.39 is 0 Å². The lowest BCUT2D eigenvalue weighted by Gasteiger charge is -2.27. The largest absolute Gasteiger partial charge is 0.350 e. The fraction of sp³-hybridized carbons (Fsp3) is 0.789. The first-order chi connectivity index (χ1) is 11.6. The zero-order valence-electron chi connectivity index (χ0n) is 15.1. The Labute approximate surface area is 145 Å². The summed E-state index contributed by atoms with van der Waals surface area (Å²) >= 11 is 0. The average molecular weight is 333 g/mol. The molecule has 1 aliphatic carbocycles. The summed E-state index contributed by atoms with van der Waals surface area (Å²) in [5, 5.41) is 3.25. The number of hydrogen-bond acceptors (Lipinski definition) is 3. The van der Waals surface area contributed by atoms with Gasteiger partial charge in [0.1, 0.15) is 0 Å². The first kappa shape index (κ1) is 17.5. The molecule has 0 aromatic carbocycles. The number of nitrogens with zero attached hydrogens (tertiary/aromatic N) is 2. The van der Waals surface area contributed by atoms with Gasteiger partial charge in [-0.2, -0.15) is 0 Å². The average Bonchev–Trinajstić information content (AvgIpc) is 3.32. The van der Waals surface area contributed by atoms with Crippen molar-refractivity contribution in [2.45, 2.75) is 52.0 Å². The van der Waals surface area contributed by atoms with Crippen LogP contribution in [-0.4, -0.2) is 60.4 Å². The molecule has 1 N–H and O–H groups in total. The van der Waals surface area contributed by atoms with Crippen molar-refractivity contribution in [2.24, 2.45) is 11.8 Å². The predicted octanol–water partition coefficient (Wildman–Crippen LogP) is 1.79. The van der Waals surface area contributed by atoms with Crippen molar-refractivity contribution in [1.29, 1.82) is 0 Å². The highest BCUT2D eigenvalue weighted by Crippen LogP contribution is 2.41. The maximum atomic E-state index is 12.5. The second kappa shape index (κ2) is 7.68. The lowest BCUT2D eigenvalue weighted by molar-refractivity contribution is -0.138. The number of carbonyl (C=O) groups is 2. The topological polar surface area (TPSA) is 52.7 Å². The number of rotatable bonds is 6. The van der Waals surface area contributed by atoms with Crippen molar-refractivity contribution in [3.63, 3.8) is 0 Å². The molecule has 2 saturated heterocycles. The molecule has 2 aliphatic heterocycles. The molecule has 2 heterocycles. The normalized spacial score (nSPS) is 29.2. The van der Waals surface area contributed by atoms with E-state index >= 15 is 0 Å². The third-order valence-electron chi connectivity index (χ3n) is 5.74. The molecule has 0 radical (unpaired) electrons. The molecule has 0 spiro atoms. The summed E-state index contributed by atoms with van der Waals surface area (Å²) in [5.41, 5.74) is 1.38. The third-order valence-corrected chi connectivity index (χ3v) is 5.74. The van der Waals surface area contributed by atoms with Crippen LogP contribution in [0.3, 0.4) is 0 Å². The number of amides is 2. The van der Waals surface area contributed by atoms with Crippen LogP contribution in [0, 0.1) is 11.8 Å². The molecule has 0 aromatic rings. The molecule has 5 nitrogen and oxygen atoms in total. The number of carbonyl (C=O) groups excluding carboxylic acids is 2. The predicted molar refractivity (Wildman–Crippen MR) is 94.4 cm³/mol. The smallest absolute Gasteiger partial charge is 0.239 e. The van der Waals surface area contributed by atoms with E-state index in [9.17, 15) is 9.59 Å². The summed E-state index contributed by atoms with van der Waals surface area (Å²) in [6.07, 6.45) is 7.35. The van der Waals surface area contributed by atoms with Gasteiger partial charge < -0.3 is 10.2 Å². The minimum absolute atomic E-state index is 0.0190. The molecule has 2 amide bonds. The first-order valence-electron chi connectivity index (χ1n) is 9.48. The molecule has 24 heavy (non-hydrogen) atoms. The van der Waals surface area contributed by atoms with E-state index in [1.54, 1.807) is 4.90 Å². The Balaban J connectivity index is 1.53. The Kier molecular flexibility index (Phi) is 5.59. The van der Waals surface area contributed by atoms with E-state index in [4.69, 9.17) is 0 Å². The van der Waals surface area contributed by atoms with Crippen molar-refractivity contribution in [3.05, 3.63) is 11.6 Å². The monoisotopic (exact) mass is 333 g/mol. The van der Waals surface area contributed by atoms with E-state index in [0.29, 0.717) is 12.3 Å². The number of allylic oxidation sites excluding steroid dienone is 1. The lowest BCUT2D eigenvalue weighted by Crippen LogP contribution is -2.48. The lowest BCUT2D eigenvalue weighted by atomic mass is 9.98. The van der Waals surface area contributed by atoms with E-state index in [1.165, 1.54) is 18.4 Å². The van der Waals surface area contributed by atoms with Gasteiger partial charge in [0.15, 0.2) is 0 Å². The molecular weight excluding hydrogens is 302 g/mol. The second-order valence-electron chi connectivity index (χ2n) is 7.78.